The molecule has 0 saturated carbocycles. The van der Waals surface area contributed by atoms with Crippen molar-refractivity contribution < 1.29 is 0 Å². The molecule has 1 saturated heterocycles. The van der Waals surface area contributed by atoms with Gasteiger partial charge in [0, 0.05) is 37.7 Å². The molecule has 4 rings (SSSR count). The Balaban J connectivity index is 1.45. The van der Waals surface area contributed by atoms with Gasteiger partial charge in [-0.2, -0.15) is 5.10 Å². The van der Waals surface area contributed by atoms with E-state index in [1.165, 1.54) is 11.3 Å². The molecule has 1 fully saturated rings. The topological polar surface area (TPSA) is 38.4 Å². The summed E-state index contributed by atoms with van der Waals surface area (Å²) < 4.78 is 4.28. The summed E-state index contributed by atoms with van der Waals surface area (Å²) in [6.45, 7) is 9.31. The first-order valence-corrected chi connectivity index (χ1v) is 7.78. The number of nitrogens with zero attached hydrogens (tertiary/aromatic N) is 5. The van der Waals surface area contributed by atoms with Gasteiger partial charge >= 0.3 is 0 Å². The molecule has 1 aliphatic rings. The van der Waals surface area contributed by atoms with Crippen molar-refractivity contribution in [3.05, 3.63) is 53.2 Å². The van der Waals surface area contributed by atoms with E-state index in [4.69, 9.17) is 4.98 Å². The summed E-state index contributed by atoms with van der Waals surface area (Å²) in [5.41, 5.74) is 5.78. The molecule has 4 heterocycles. The number of fused-ring (bicyclic) bond motifs is 1. The number of imidazole rings is 1. The van der Waals surface area contributed by atoms with Crippen molar-refractivity contribution in [2.75, 3.05) is 13.1 Å². The Hall–Kier alpha value is -2.14. The quantitative estimate of drug-likeness (QED) is 0.745. The predicted octanol–water partition coefficient (Wildman–Crippen LogP) is 2.51. The van der Waals surface area contributed by atoms with Crippen LogP contribution in [-0.2, 0) is 6.54 Å². The molecule has 0 aromatic carbocycles. The van der Waals surface area contributed by atoms with Crippen LogP contribution in [0, 0.1) is 20.8 Å². The third-order valence-electron chi connectivity index (χ3n) is 4.44. The average Bonchev–Trinajstić information content (AvgIpc) is 2.97. The number of likely N-dealkylation sites (tertiary alicyclic amines) is 1. The van der Waals surface area contributed by atoms with Gasteiger partial charge in [0.1, 0.15) is 5.65 Å². The number of rotatable bonds is 3. The van der Waals surface area contributed by atoms with Crippen molar-refractivity contribution in [3.8, 4) is 0 Å². The number of aromatic nitrogens is 4. The Morgan fingerprint density at radius 3 is 2.73 bits per heavy atom. The fraction of sp³-hybridized carbons (Fsp3) is 0.412. The molecule has 1 aliphatic heterocycles. The van der Waals surface area contributed by atoms with Gasteiger partial charge in [0.15, 0.2) is 0 Å². The number of aryl methyl sites for hydroxylation is 3. The monoisotopic (exact) mass is 295 g/mol. The van der Waals surface area contributed by atoms with Crippen LogP contribution < -0.4 is 0 Å². The normalized spacial score (nSPS) is 16.3. The summed E-state index contributed by atoms with van der Waals surface area (Å²) in [5, 5.41) is 4.59. The fourth-order valence-corrected chi connectivity index (χ4v) is 3.35. The molecule has 3 aromatic heterocycles. The molecule has 0 amide bonds. The highest BCUT2D eigenvalue weighted by molar-refractivity contribution is 5.47. The van der Waals surface area contributed by atoms with Gasteiger partial charge in [-0.1, -0.05) is 6.07 Å². The van der Waals surface area contributed by atoms with Gasteiger partial charge in [0.25, 0.3) is 0 Å². The lowest BCUT2D eigenvalue weighted by molar-refractivity contribution is 0.0882. The third kappa shape index (κ3) is 2.22. The minimum absolute atomic E-state index is 0.507. The van der Waals surface area contributed by atoms with E-state index >= 15 is 0 Å². The van der Waals surface area contributed by atoms with Crippen molar-refractivity contribution in [2.24, 2.45) is 0 Å². The van der Waals surface area contributed by atoms with Crippen molar-refractivity contribution >= 4 is 5.65 Å². The van der Waals surface area contributed by atoms with E-state index in [-0.39, 0.29) is 0 Å². The van der Waals surface area contributed by atoms with Gasteiger partial charge in [-0.3, -0.25) is 9.58 Å². The maximum atomic E-state index is 4.75. The molecule has 22 heavy (non-hydrogen) atoms. The van der Waals surface area contributed by atoms with Gasteiger partial charge in [-0.15, -0.1) is 0 Å². The molecule has 114 valence electrons. The zero-order chi connectivity index (χ0) is 15.3. The summed E-state index contributed by atoms with van der Waals surface area (Å²) >= 11 is 0. The van der Waals surface area contributed by atoms with Crippen LogP contribution in [0.15, 0.2) is 30.6 Å². The SMILES string of the molecule is Cc1cc(C)n(C2CN(Cc3cn4cccc(C)c4n3)C2)n1. The minimum Gasteiger partial charge on any atom is -0.307 e. The number of hydrogen-bond acceptors (Lipinski definition) is 3. The van der Waals surface area contributed by atoms with Crippen LogP contribution in [-0.4, -0.2) is 37.2 Å². The number of pyridine rings is 1. The Morgan fingerprint density at radius 2 is 2.05 bits per heavy atom. The molecule has 3 aromatic rings. The first-order chi connectivity index (χ1) is 10.6. The maximum Gasteiger partial charge on any atom is 0.139 e. The van der Waals surface area contributed by atoms with Gasteiger partial charge in [-0.05, 0) is 38.5 Å². The second-order valence-electron chi connectivity index (χ2n) is 6.37. The Bertz CT molecular complexity index is 823. The predicted molar refractivity (Wildman–Crippen MR) is 85.9 cm³/mol. The Morgan fingerprint density at radius 1 is 1.23 bits per heavy atom. The molecule has 0 atom stereocenters. The molecule has 0 aliphatic carbocycles. The van der Waals surface area contributed by atoms with Crippen LogP contribution in [0.25, 0.3) is 5.65 Å². The van der Waals surface area contributed by atoms with Gasteiger partial charge < -0.3 is 4.40 Å². The molecular weight excluding hydrogens is 274 g/mol. The van der Waals surface area contributed by atoms with Crippen LogP contribution in [0.1, 0.15) is 28.7 Å². The summed E-state index contributed by atoms with van der Waals surface area (Å²) in [7, 11) is 0. The molecule has 5 nitrogen and oxygen atoms in total. The molecule has 0 unspecified atom stereocenters. The lowest BCUT2D eigenvalue weighted by atomic mass is 10.1. The molecule has 0 N–H and O–H groups in total. The van der Waals surface area contributed by atoms with Crippen LogP contribution >= 0.6 is 0 Å². The maximum absolute atomic E-state index is 4.75. The van der Waals surface area contributed by atoms with Crippen LogP contribution in [0.5, 0.6) is 0 Å². The highest BCUT2D eigenvalue weighted by Gasteiger charge is 2.30. The van der Waals surface area contributed by atoms with E-state index in [1.807, 2.05) is 0 Å². The van der Waals surface area contributed by atoms with E-state index < -0.39 is 0 Å². The largest absolute Gasteiger partial charge is 0.307 e. The second kappa shape index (κ2) is 4.95. The standard InChI is InChI=1S/C17H21N5/c1-12-5-4-6-21-9-15(18-17(12)21)8-20-10-16(11-20)22-14(3)7-13(2)19-22/h4-7,9,16H,8,10-11H2,1-3H3. The van der Waals surface area contributed by atoms with Crippen LogP contribution in [0.4, 0.5) is 0 Å². The summed E-state index contributed by atoms with van der Waals surface area (Å²) in [5.74, 6) is 0. The fourth-order valence-electron chi connectivity index (χ4n) is 3.35. The highest BCUT2D eigenvalue weighted by Crippen LogP contribution is 2.24. The summed E-state index contributed by atoms with van der Waals surface area (Å²) in [6.07, 6.45) is 4.20. The van der Waals surface area contributed by atoms with E-state index in [9.17, 15) is 0 Å². The van der Waals surface area contributed by atoms with Gasteiger partial charge in [-0.25, -0.2) is 4.98 Å². The molecular formula is C17H21N5. The first-order valence-electron chi connectivity index (χ1n) is 7.78. The zero-order valence-electron chi connectivity index (χ0n) is 13.3. The molecule has 5 heteroatoms. The van der Waals surface area contributed by atoms with Crippen molar-refractivity contribution in [1.82, 2.24) is 24.1 Å². The van der Waals surface area contributed by atoms with E-state index in [1.54, 1.807) is 0 Å². The zero-order valence-corrected chi connectivity index (χ0v) is 13.3. The minimum atomic E-state index is 0.507. The van der Waals surface area contributed by atoms with Crippen LogP contribution in [0.2, 0.25) is 0 Å². The lowest BCUT2D eigenvalue weighted by Crippen LogP contribution is -2.47. The smallest absolute Gasteiger partial charge is 0.139 e. The second-order valence-corrected chi connectivity index (χ2v) is 6.37. The summed E-state index contributed by atoms with van der Waals surface area (Å²) in [6, 6.07) is 6.82. The molecule has 0 radical (unpaired) electrons. The van der Waals surface area contributed by atoms with Crippen molar-refractivity contribution in [2.45, 2.75) is 33.4 Å². The van der Waals surface area contributed by atoms with Gasteiger partial charge in [0.05, 0.1) is 17.4 Å². The third-order valence-corrected chi connectivity index (χ3v) is 4.44. The van der Waals surface area contributed by atoms with E-state index in [0.29, 0.717) is 6.04 Å². The highest BCUT2D eigenvalue weighted by atomic mass is 15.4. The molecule has 0 spiro atoms. The van der Waals surface area contributed by atoms with Crippen molar-refractivity contribution in [3.63, 3.8) is 0 Å². The first kappa shape index (κ1) is 13.5. The summed E-state index contributed by atoms with van der Waals surface area (Å²) in [4.78, 5) is 7.18. The number of hydrogen-bond donors (Lipinski definition) is 0. The average molecular weight is 295 g/mol. The lowest BCUT2D eigenvalue weighted by Gasteiger charge is -2.39. The Labute approximate surface area is 130 Å². The van der Waals surface area contributed by atoms with E-state index in [0.717, 1.165) is 36.7 Å². The molecule has 0 bridgehead atoms. The Kier molecular flexibility index (Phi) is 3.04. The van der Waals surface area contributed by atoms with Crippen molar-refractivity contribution in [1.29, 1.82) is 0 Å². The van der Waals surface area contributed by atoms with Crippen LogP contribution in [0.3, 0.4) is 0 Å². The van der Waals surface area contributed by atoms with E-state index in [2.05, 4.69) is 70.4 Å². The van der Waals surface area contributed by atoms with Gasteiger partial charge in [0.2, 0.25) is 0 Å².